The summed E-state index contributed by atoms with van der Waals surface area (Å²) in [7, 11) is -0.817. The number of ether oxygens (including phenoxy) is 2. The van der Waals surface area contributed by atoms with E-state index in [4.69, 9.17) is 18.8 Å². The van der Waals surface area contributed by atoms with E-state index in [0.29, 0.717) is 12.1 Å². The van der Waals surface area contributed by atoms with Gasteiger partial charge in [-0.1, -0.05) is 6.07 Å². The fraction of sp³-hybridized carbons (Fsp3) is 0.647. The van der Waals surface area contributed by atoms with Crippen LogP contribution in [0.3, 0.4) is 0 Å². The Kier molecular flexibility index (Phi) is 5.47. The molecule has 0 bridgehead atoms. The minimum atomic E-state index is -4.47. The molecule has 0 aliphatic carbocycles. The summed E-state index contributed by atoms with van der Waals surface area (Å²) in [6, 6.07) is 2.39. The standard InChI is InChI=1S/C17H24BF3O4/c1-7-22-10-23-14-9-12(17(19,20)21)11(2)8-13(14)18-24-15(3,4)16(5,6)25-18/h8-9H,7,10H2,1-6H3. The van der Waals surface area contributed by atoms with Crippen LogP contribution in [0.5, 0.6) is 5.75 Å². The van der Waals surface area contributed by atoms with Gasteiger partial charge in [0.25, 0.3) is 0 Å². The molecule has 0 radical (unpaired) electrons. The summed E-state index contributed by atoms with van der Waals surface area (Å²) in [4.78, 5) is 0. The van der Waals surface area contributed by atoms with Crippen LogP contribution in [-0.4, -0.2) is 31.7 Å². The van der Waals surface area contributed by atoms with Crippen LogP contribution in [0.2, 0.25) is 0 Å². The molecule has 25 heavy (non-hydrogen) atoms. The van der Waals surface area contributed by atoms with Crippen molar-refractivity contribution in [2.45, 2.75) is 58.9 Å². The van der Waals surface area contributed by atoms with Crippen LogP contribution in [0.4, 0.5) is 13.2 Å². The molecule has 1 saturated heterocycles. The van der Waals surface area contributed by atoms with Crippen molar-refractivity contribution in [2.75, 3.05) is 13.4 Å². The molecule has 1 fully saturated rings. The minimum Gasteiger partial charge on any atom is -0.468 e. The normalized spacial score (nSPS) is 19.3. The van der Waals surface area contributed by atoms with Crippen molar-refractivity contribution in [3.63, 3.8) is 0 Å². The van der Waals surface area contributed by atoms with E-state index in [9.17, 15) is 13.2 Å². The van der Waals surface area contributed by atoms with Gasteiger partial charge in [0.15, 0.2) is 6.79 Å². The van der Waals surface area contributed by atoms with Gasteiger partial charge in [-0.25, -0.2) is 0 Å². The summed E-state index contributed by atoms with van der Waals surface area (Å²) < 4.78 is 62.1. The number of alkyl halides is 3. The Morgan fingerprint density at radius 2 is 1.64 bits per heavy atom. The Labute approximate surface area is 146 Å². The Morgan fingerprint density at radius 3 is 2.12 bits per heavy atom. The van der Waals surface area contributed by atoms with Crippen LogP contribution in [-0.2, 0) is 20.2 Å². The van der Waals surface area contributed by atoms with Crippen molar-refractivity contribution in [3.05, 3.63) is 23.3 Å². The minimum absolute atomic E-state index is 0.0462. The lowest BCUT2D eigenvalue weighted by atomic mass is 9.77. The molecule has 0 saturated carbocycles. The summed E-state index contributed by atoms with van der Waals surface area (Å²) >= 11 is 0. The molecule has 0 unspecified atom stereocenters. The average Bonchev–Trinajstić information content (AvgIpc) is 2.67. The van der Waals surface area contributed by atoms with Crippen LogP contribution in [0.25, 0.3) is 0 Å². The highest BCUT2D eigenvalue weighted by atomic mass is 19.4. The quantitative estimate of drug-likeness (QED) is 0.456. The molecule has 8 heteroatoms. The van der Waals surface area contributed by atoms with Crippen LogP contribution in [0, 0.1) is 6.92 Å². The maximum atomic E-state index is 13.2. The first-order valence-electron chi connectivity index (χ1n) is 8.17. The molecule has 1 heterocycles. The zero-order chi connectivity index (χ0) is 19.0. The van der Waals surface area contributed by atoms with E-state index in [1.54, 1.807) is 6.92 Å². The second-order valence-corrected chi connectivity index (χ2v) is 7.05. The highest BCUT2D eigenvalue weighted by Crippen LogP contribution is 2.39. The predicted octanol–water partition coefficient (Wildman–Crippen LogP) is 3.69. The first-order chi connectivity index (χ1) is 11.4. The van der Waals surface area contributed by atoms with E-state index < -0.39 is 30.1 Å². The van der Waals surface area contributed by atoms with Gasteiger partial charge >= 0.3 is 13.3 Å². The summed E-state index contributed by atoms with van der Waals surface area (Å²) in [5.41, 5.74) is -1.46. The Morgan fingerprint density at radius 1 is 1.08 bits per heavy atom. The molecule has 0 amide bonds. The SMILES string of the molecule is CCOCOc1cc(C(F)(F)F)c(C)cc1B1OC(C)(C)C(C)(C)O1. The van der Waals surface area contributed by atoms with Crippen molar-refractivity contribution in [3.8, 4) is 5.75 Å². The number of aryl methyl sites for hydroxylation is 1. The molecule has 2 rings (SSSR count). The highest BCUT2D eigenvalue weighted by Gasteiger charge is 2.52. The fourth-order valence-electron chi connectivity index (χ4n) is 2.48. The van der Waals surface area contributed by atoms with E-state index in [1.165, 1.54) is 13.0 Å². The molecule has 0 aromatic heterocycles. The van der Waals surface area contributed by atoms with Gasteiger partial charge in [-0.2, -0.15) is 13.2 Å². The largest absolute Gasteiger partial charge is 0.498 e. The third kappa shape index (κ3) is 4.12. The smallest absolute Gasteiger partial charge is 0.468 e. The van der Waals surface area contributed by atoms with Gasteiger partial charge in [0, 0.05) is 12.1 Å². The number of hydrogen-bond donors (Lipinski definition) is 0. The number of rotatable bonds is 5. The summed E-state index contributed by atoms with van der Waals surface area (Å²) in [6.45, 7) is 10.9. The van der Waals surface area contributed by atoms with E-state index in [-0.39, 0.29) is 18.1 Å². The maximum absolute atomic E-state index is 13.2. The van der Waals surface area contributed by atoms with Crippen molar-refractivity contribution in [1.29, 1.82) is 0 Å². The first-order valence-corrected chi connectivity index (χ1v) is 8.17. The lowest BCUT2D eigenvalue weighted by Crippen LogP contribution is -2.41. The van der Waals surface area contributed by atoms with Gasteiger partial charge < -0.3 is 18.8 Å². The molecule has 4 nitrogen and oxygen atoms in total. The molecule has 0 spiro atoms. The Balaban J connectivity index is 2.44. The molecule has 1 aliphatic heterocycles. The third-order valence-corrected chi connectivity index (χ3v) is 4.67. The van der Waals surface area contributed by atoms with E-state index in [1.807, 2.05) is 27.7 Å². The Bertz CT molecular complexity index is 613. The molecular weight excluding hydrogens is 336 g/mol. The third-order valence-electron chi connectivity index (χ3n) is 4.67. The summed E-state index contributed by atoms with van der Waals surface area (Å²) in [6.07, 6.45) is -4.47. The topological polar surface area (TPSA) is 36.9 Å². The van der Waals surface area contributed by atoms with Gasteiger partial charge in [0.1, 0.15) is 5.75 Å². The summed E-state index contributed by atoms with van der Waals surface area (Å²) in [5.74, 6) is 0.0462. The lowest BCUT2D eigenvalue weighted by Gasteiger charge is -2.32. The van der Waals surface area contributed by atoms with Crippen LogP contribution < -0.4 is 10.2 Å². The monoisotopic (exact) mass is 360 g/mol. The maximum Gasteiger partial charge on any atom is 0.498 e. The fourth-order valence-corrected chi connectivity index (χ4v) is 2.48. The first kappa shape index (κ1) is 20.1. The van der Waals surface area contributed by atoms with E-state index >= 15 is 0 Å². The van der Waals surface area contributed by atoms with Gasteiger partial charge in [-0.05, 0) is 53.2 Å². The van der Waals surface area contributed by atoms with Crippen LogP contribution in [0.15, 0.2) is 12.1 Å². The molecule has 1 aliphatic rings. The zero-order valence-corrected chi connectivity index (χ0v) is 15.4. The van der Waals surface area contributed by atoms with Gasteiger partial charge in [0.2, 0.25) is 0 Å². The zero-order valence-electron chi connectivity index (χ0n) is 15.4. The average molecular weight is 360 g/mol. The lowest BCUT2D eigenvalue weighted by molar-refractivity contribution is -0.138. The number of halogens is 3. The molecular formula is C17H24BF3O4. The molecule has 1 aromatic rings. The van der Waals surface area contributed by atoms with E-state index in [2.05, 4.69) is 0 Å². The molecule has 0 atom stereocenters. The number of hydrogen-bond acceptors (Lipinski definition) is 4. The predicted molar refractivity (Wildman–Crippen MR) is 89.0 cm³/mol. The van der Waals surface area contributed by atoms with Crippen molar-refractivity contribution in [1.82, 2.24) is 0 Å². The Hall–Kier alpha value is -1.25. The van der Waals surface area contributed by atoms with Gasteiger partial charge in [-0.3, -0.25) is 0 Å². The number of benzene rings is 1. The van der Waals surface area contributed by atoms with Crippen molar-refractivity contribution < 1.29 is 32.0 Å². The second-order valence-electron chi connectivity index (χ2n) is 7.05. The second kappa shape index (κ2) is 6.81. The van der Waals surface area contributed by atoms with Crippen molar-refractivity contribution >= 4 is 12.6 Å². The molecule has 140 valence electrons. The highest BCUT2D eigenvalue weighted by molar-refractivity contribution is 6.63. The van der Waals surface area contributed by atoms with E-state index in [0.717, 1.165) is 6.07 Å². The van der Waals surface area contributed by atoms with Gasteiger partial charge in [-0.15, -0.1) is 0 Å². The summed E-state index contributed by atoms with van der Waals surface area (Å²) in [5, 5.41) is 0. The molecule has 0 N–H and O–H groups in total. The molecule has 1 aromatic carbocycles. The van der Waals surface area contributed by atoms with Crippen LogP contribution >= 0.6 is 0 Å². The van der Waals surface area contributed by atoms with Gasteiger partial charge in [0.05, 0.1) is 16.8 Å². The van der Waals surface area contributed by atoms with Crippen molar-refractivity contribution in [2.24, 2.45) is 0 Å². The van der Waals surface area contributed by atoms with Crippen LogP contribution in [0.1, 0.15) is 45.7 Å².